The van der Waals surface area contributed by atoms with Gasteiger partial charge in [0.1, 0.15) is 6.61 Å². The van der Waals surface area contributed by atoms with E-state index in [1.165, 1.54) is 13.0 Å². The lowest BCUT2D eigenvalue weighted by atomic mass is 9.77. The first-order chi connectivity index (χ1) is 14.4. The highest BCUT2D eigenvalue weighted by Gasteiger charge is 2.24. The molecule has 1 unspecified atom stereocenters. The van der Waals surface area contributed by atoms with E-state index in [9.17, 15) is 18.3 Å². The van der Waals surface area contributed by atoms with Crippen LogP contribution in [0.1, 0.15) is 67.7 Å². The largest absolute Gasteiger partial charge is 0.486 e. The van der Waals surface area contributed by atoms with Crippen molar-refractivity contribution in [3.63, 3.8) is 0 Å². The minimum Gasteiger partial charge on any atom is -0.486 e. The first-order valence-corrected chi connectivity index (χ1v) is 10.6. The quantitative estimate of drug-likeness (QED) is 0.488. The molecular weight excluding hydrogens is 389 g/mol. The Balaban J connectivity index is 1.53. The lowest BCUT2D eigenvalue weighted by Gasteiger charge is -2.29. The molecule has 3 rings (SSSR count). The van der Waals surface area contributed by atoms with Crippen molar-refractivity contribution in [3.8, 4) is 5.75 Å². The maximum absolute atomic E-state index is 14.3. The van der Waals surface area contributed by atoms with Gasteiger partial charge < -0.3 is 9.84 Å². The van der Waals surface area contributed by atoms with Crippen molar-refractivity contribution < 1.29 is 23.0 Å². The van der Waals surface area contributed by atoms with E-state index in [2.05, 4.69) is 6.58 Å². The number of benzene rings is 2. The number of halogens is 3. The molecule has 1 aliphatic carbocycles. The Hall–Kier alpha value is -2.27. The van der Waals surface area contributed by atoms with Crippen LogP contribution in [0.25, 0.3) is 0 Å². The molecule has 0 saturated heterocycles. The summed E-state index contributed by atoms with van der Waals surface area (Å²) in [4.78, 5) is 0. The predicted molar refractivity (Wildman–Crippen MR) is 112 cm³/mol. The summed E-state index contributed by atoms with van der Waals surface area (Å²) in [6.07, 6.45) is 5.69. The zero-order chi connectivity index (χ0) is 21.7. The van der Waals surface area contributed by atoms with Crippen LogP contribution >= 0.6 is 0 Å². The predicted octanol–water partition coefficient (Wildman–Crippen LogP) is 6.63. The van der Waals surface area contributed by atoms with E-state index in [4.69, 9.17) is 4.74 Å². The van der Waals surface area contributed by atoms with Crippen LogP contribution in [0.3, 0.4) is 0 Å². The van der Waals surface area contributed by atoms with Gasteiger partial charge in [-0.1, -0.05) is 30.9 Å². The van der Waals surface area contributed by atoms with Crippen LogP contribution in [-0.2, 0) is 6.42 Å². The summed E-state index contributed by atoms with van der Waals surface area (Å²) in [5, 5.41) is 9.50. The van der Waals surface area contributed by atoms with E-state index >= 15 is 0 Å². The molecule has 5 heteroatoms. The molecular formula is C25H29F3O2. The number of hydrogen-bond acceptors (Lipinski definition) is 2. The molecule has 0 spiro atoms. The summed E-state index contributed by atoms with van der Waals surface area (Å²) in [5.74, 6) is -1.16. The average molecular weight is 418 g/mol. The fourth-order valence-corrected chi connectivity index (χ4v) is 4.30. The molecule has 2 aromatic rings. The molecule has 0 radical (unpaired) electrons. The molecule has 2 aromatic carbocycles. The number of rotatable bonds is 8. The van der Waals surface area contributed by atoms with Crippen LogP contribution in [0.2, 0.25) is 0 Å². The molecule has 0 aromatic heterocycles. The Morgan fingerprint density at radius 1 is 1.10 bits per heavy atom. The van der Waals surface area contributed by atoms with Crippen molar-refractivity contribution in [3.05, 3.63) is 77.1 Å². The maximum Gasteiger partial charge on any atom is 0.165 e. The van der Waals surface area contributed by atoms with Gasteiger partial charge in [0.05, 0.1) is 6.10 Å². The van der Waals surface area contributed by atoms with Gasteiger partial charge in [-0.05, 0) is 80.5 Å². The Kier molecular flexibility index (Phi) is 7.59. The van der Waals surface area contributed by atoms with Gasteiger partial charge in [-0.15, -0.1) is 0 Å². The topological polar surface area (TPSA) is 29.5 Å². The van der Waals surface area contributed by atoms with Gasteiger partial charge in [0.2, 0.25) is 0 Å². The van der Waals surface area contributed by atoms with Crippen molar-refractivity contribution in [2.45, 2.75) is 57.5 Å². The van der Waals surface area contributed by atoms with Crippen molar-refractivity contribution in [2.75, 3.05) is 6.61 Å². The van der Waals surface area contributed by atoms with Crippen molar-refractivity contribution in [2.24, 2.45) is 5.92 Å². The van der Waals surface area contributed by atoms with E-state index in [1.807, 2.05) is 6.07 Å². The highest BCUT2D eigenvalue weighted by atomic mass is 19.2. The molecule has 1 N–H and O–H groups in total. The van der Waals surface area contributed by atoms with E-state index in [-0.39, 0.29) is 23.7 Å². The molecule has 0 bridgehead atoms. The third-order valence-electron chi connectivity index (χ3n) is 6.09. The minimum absolute atomic E-state index is 0.00935. The lowest BCUT2D eigenvalue weighted by Crippen LogP contribution is -2.15. The third kappa shape index (κ3) is 5.25. The highest BCUT2D eigenvalue weighted by Crippen LogP contribution is 2.38. The molecule has 30 heavy (non-hydrogen) atoms. The second-order valence-electron chi connectivity index (χ2n) is 8.16. The van der Waals surface area contributed by atoms with Gasteiger partial charge in [-0.3, -0.25) is 0 Å². The first-order valence-electron chi connectivity index (χ1n) is 10.6. The number of ether oxygens (including phenoxy) is 1. The van der Waals surface area contributed by atoms with Crippen LogP contribution in [-0.4, -0.2) is 11.7 Å². The van der Waals surface area contributed by atoms with Crippen molar-refractivity contribution in [1.29, 1.82) is 0 Å². The molecule has 162 valence electrons. The Bertz CT molecular complexity index is 871. The van der Waals surface area contributed by atoms with Crippen LogP contribution in [0, 0.1) is 23.4 Å². The summed E-state index contributed by atoms with van der Waals surface area (Å²) >= 11 is 0. The smallest absolute Gasteiger partial charge is 0.165 e. The van der Waals surface area contributed by atoms with Gasteiger partial charge >= 0.3 is 0 Å². The molecule has 1 aliphatic rings. The number of aliphatic hydroxyl groups excluding tert-OH is 1. The molecule has 1 saturated carbocycles. The standard InChI is InChI=1S/C25H29F3O2/c1-3-14-30-23-13-11-20(15-22(23)26)18-7-4-17(5-8-18)6-9-19-10-12-21(16(2)29)25(28)24(19)27/h3,10-13,15-18,29H,1,4-9,14H2,2H3. The Morgan fingerprint density at radius 2 is 1.83 bits per heavy atom. The highest BCUT2D eigenvalue weighted by molar-refractivity contribution is 5.32. The summed E-state index contributed by atoms with van der Waals surface area (Å²) in [5.41, 5.74) is 1.33. The third-order valence-corrected chi connectivity index (χ3v) is 6.09. The molecule has 1 atom stereocenters. The first kappa shape index (κ1) is 22.4. The van der Waals surface area contributed by atoms with Crippen LogP contribution in [0.4, 0.5) is 13.2 Å². The van der Waals surface area contributed by atoms with Gasteiger partial charge in [0.15, 0.2) is 23.2 Å². The van der Waals surface area contributed by atoms with E-state index < -0.39 is 17.7 Å². The van der Waals surface area contributed by atoms with E-state index in [0.717, 1.165) is 37.7 Å². The summed E-state index contributed by atoms with van der Waals surface area (Å²) in [7, 11) is 0. The molecule has 1 fully saturated rings. The molecule has 0 aliphatic heterocycles. The SMILES string of the molecule is C=CCOc1ccc(C2CCC(CCc3ccc(C(C)O)c(F)c3F)CC2)cc1F. The molecule has 0 amide bonds. The normalized spacial score (nSPS) is 20.0. The number of hydrogen-bond donors (Lipinski definition) is 1. The fraction of sp³-hybridized carbons (Fsp3) is 0.440. The lowest BCUT2D eigenvalue weighted by molar-refractivity contribution is 0.192. The van der Waals surface area contributed by atoms with E-state index in [0.29, 0.717) is 23.8 Å². The summed E-state index contributed by atoms with van der Waals surface area (Å²) in [6.45, 7) is 5.25. The number of aryl methyl sites for hydroxylation is 1. The van der Waals surface area contributed by atoms with Gasteiger partial charge in [0.25, 0.3) is 0 Å². The van der Waals surface area contributed by atoms with Crippen LogP contribution in [0.5, 0.6) is 5.75 Å². The zero-order valence-corrected chi connectivity index (χ0v) is 17.3. The zero-order valence-electron chi connectivity index (χ0n) is 17.3. The van der Waals surface area contributed by atoms with Gasteiger partial charge in [-0.25, -0.2) is 13.2 Å². The second-order valence-corrected chi connectivity index (χ2v) is 8.16. The monoisotopic (exact) mass is 418 g/mol. The van der Waals surface area contributed by atoms with Crippen molar-refractivity contribution in [1.82, 2.24) is 0 Å². The summed E-state index contributed by atoms with van der Waals surface area (Å²) < 4.78 is 47.9. The molecule has 0 heterocycles. The van der Waals surface area contributed by atoms with Crippen LogP contribution in [0.15, 0.2) is 43.0 Å². The second kappa shape index (κ2) is 10.2. The van der Waals surface area contributed by atoms with Crippen molar-refractivity contribution >= 4 is 0 Å². The minimum atomic E-state index is -1.03. The van der Waals surface area contributed by atoms with E-state index in [1.54, 1.807) is 24.3 Å². The molecule has 2 nitrogen and oxygen atoms in total. The number of aliphatic hydroxyl groups is 1. The van der Waals surface area contributed by atoms with Gasteiger partial charge in [0, 0.05) is 5.56 Å². The van der Waals surface area contributed by atoms with Gasteiger partial charge in [-0.2, -0.15) is 0 Å². The average Bonchev–Trinajstić information content (AvgIpc) is 2.74. The maximum atomic E-state index is 14.3. The Labute approximate surface area is 176 Å². The summed E-state index contributed by atoms with van der Waals surface area (Å²) in [6, 6.07) is 8.20. The fourth-order valence-electron chi connectivity index (χ4n) is 4.30. The Morgan fingerprint density at radius 3 is 2.47 bits per heavy atom. The van der Waals surface area contributed by atoms with Crippen LogP contribution < -0.4 is 4.74 Å².